The molecule has 1 saturated heterocycles. The number of fused-ring (bicyclic) bond motifs is 1. The minimum atomic E-state index is -3.64. The van der Waals surface area contributed by atoms with Gasteiger partial charge in [0.25, 0.3) is 23.6 Å². The number of hydrogen-bond acceptors (Lipinski definition) is 13. The van der Waals surface area contributed by atoms with Crippen LogP contribution < -0.4 is 26.0 Å². The van der Waals surface area contributed by atoms with Crippen LogP contribution in [0.15, 0.2) is 96.6 Å². The number of piperidine rings is 1. The van der Waals surface area contributed by atoms with Crippen LogP contribution in [0.5, 0.6) is 5.75 Å². The highest BCUT2D eigenvalue weighted by Crippen LogP contribution is 2.37. The van der Waals surface area contributed by atoms with Crippen LogP contribution in [0.25, 0.3) is 11.3 Å². The topological polar surface area (TPSA) is 244 Å². The molecule has 2 aromatic heterocycles. The second kappa shape index (κ2) is 18.3. The number of imide groups is 1. The van der Waals surface area contributed by atoms with E-state index in [4.69, 9.17) is 9.47 Å². The van der Waals surface area contributed by atoms with Gasteiger partial charge in [-0.25, -0.2) is 13.4 Å². The lowest BCUT2D eigenvalue weighted by Crippen LogP contribution is -2.53. The summed E-state index contributed by atoms with van der Waals surface area (Å²) >= 11 is 1.20. The zero-order valence-corrected chi connectivity index (χ0v) is 34.0. The molecule has 20 heteroatoms. The number of ether oxygens (including phenoxy) is 2. The smallest absolute Gasteiger partial charge is 0.257 e. The molecule has 5 N–H and O–H groups in total. The molecular weight excluding hydrogens is 831 g/mol. The Hall–Kier alpha value is -6.74. The summed E-state index contributed by atoms with van der Waals surface area (Å²) in [6.07, 6.45) is 2.16. The van der Waals surface area contributed by atoms with Gasteiger partial charge in [-0.15, -0.1) is 11.3 Å². The van der Waals surface area contributed by atoms with E-state index < -0.39 is 57.9 Å². The van der Waals surface area contributed by atoms with Gasteiger partial charge in [0.15, 0.2) is 11.4 Å². The number of aliphatic hydroxyl groups is 1. The van der Waals surface area contributed by atoms with Crippen LogP contribution in [0.1, 0.15) is 61.3 Å². The van der Waals surface area contributed by atoms with E-state index >= 15 is 0 Å². The number of aromatic nitrogens is 2. The number of nitrogens with one attached hydrogen (secondary N) is 4. The Bertz CT molecular complexity index is 2590. The summed E-state index contributed by atoms with van der Waals surface area (Å²) < 4.78 is 36.3. The standard InChI is InChI=1S/C41H39N7O11S2/c1-61(56,57)47-17-15-27(20-47)36(51)43-31(37(52)46-41-44-32(23-60-41)25-5-3-2-4-6-25)22-58-21-24-7-9-26(10-8-24)35(50)42-16-18-59-28-11-12-29-30(19-28)40(55)48(39(29)54)33-13-14-34(49)45-38(33)53/h2-12,15,17,19-20,23,31,33,39,54H,13-14,16,18,21-22H2,1H3,(H,42,50)(H,43,51)(H,44,46,52)(H,45,49,53). The Morgan fingerprint density at radius 1 is 1.00 bits per heavy atom. The normalized spacial score (nSPS) is 16.7. The maximum atomic E-state index is 13.5. The van der Waals surface area contributed by atoms with E-state index in [1.165, 1.54) is 35.7 Å². The van der Waals surface area contributed by atoms with Crippen molar-refractivity contribution in [3.8, 4) is 17.0 Å². The van der Waals surface area contributed by atoms with Crippen molar-refractivity contribution in [2.45, 2.75) is 37.8 Å². The van der Waals surface area contributed by atoms with Crippen LogP contribution in [0.2, 0.25) is 0 Å². The molecule has 0 radical (unpaired) electrons. The first-order valence-corrected chi connectivity index (χ1v) is 21.5. The van der Waals surface area contributed by atoms with Crippen molar-refractivity contribution in [3.05, 3.63) is 124 Å². The zero-order valence-electron chi connectivity index (χ0n) is 32.4. The van der Waals surface area contributed by atoms with Gasteiger partial charge >= 0.3 is 0 Å². The summed E-state index contributed by atoms with van der Waals surface area (Å²) in [6, 6.07) is 19.6. The SMILES string of the molecule is CS(=O)(=O)n1ccc(C(=O)NC(COCc2ccc(C(=O)NCCOc3ccc4c(c3)C(=O)N(C3CCC(=O)NC3=O)C4O)cc2)C(=O)Nc2nc(-c3ccccc3)cs2)c1. The number of rotatable bonds is 16. The molecule has 2 aliphatic rings. The summed E-state index contributed by atoms with van der Waals surface area (Å²) in [6.45, 7) is -0.0838. The minimum absolute atomic E-state index is 0.0147. The predicted molar refractivity (Wildman–Crippen MR) is 220 cm³/mol. The monoisotopic (exact) mass is 869 g/mol. The summed E-state index contributed by atoms with van der Waals surface area (Å²) in [5.74, 6) is -3.02. The number of nitrogens with zero attached hydrogens (tertiary/aromatic N) is 3. The Balaban J connectivity index is 0.901. The molecule has 5 aromatic rings. The van der Waals surface area contributed by atoms with Crippen molar-refractivity contribution >= 4 is 61.9 Å². The first-order chi connectivity index (χ1) is 29.2. The van der Waals surface area contributed by atoms with Crippen LogP contribution in [0.3, 0.4) is 0 Å². The fourth-order valence-corrected chi connectivity index (χ4v) is 7.89. The molecule has 3 atom stereocenters. The summed E-state index contributed by atoms with van der Waals surface area (Å²) in [7, 11) is -3.64. The molecule has 18 nitrogen and oxygen atoms in total. The molecule has 3 aromatic carbocycles. The first kappa shape index (κ1) is 42.4. The predicted octanol–water partition coefficient (Wildman–Crippen LogP) is 2.43. The van der Waals surface area contributed by atoms with Crippen molar-refractivity contribution < 1.29 is 51.8 Å². The number of amides is 6. The molecular formula is C41H39N7O11S2. The van der Waals surface area contributed by atoms with Crippen molar-refractivity contribution in [2.24, 2.45) is 0 Å². The van der Waals surface area contributed by atoms with Gasteiger partial charge in [0.1, 0.15) is 24.4 Å². The van der Waals surface area contributed by atoms with E-state index in [9.17, 15) is 42.3 Å². The van der Waals surface area contributed by atoms with Crippen molar-refractivity contribution in [1.29, 1.82) is 0 Å². The van der Waals surface area contributed by atoms with E-state index in [2.05, 4.69) is 26.3 Å². The molecule has 7 rings (SSSR count). The van der Waals surface area contributed by atoms with E-state index in [-0.39, 0.29) is 56.2 Å². The number of hydrogen-bond donors (Lipinski definition) is 5. The molecule has 0 spiro atoms. The fourth-order valence-electron chi connectivity index (χ4n) is 6.58. The van der Waals surface area contributed by atoms with Crippen LogP contribution in [-0.2, 0) is 35.8 Å². The lowest BCUT2D eigenvalue weighted by Gasteiger charge is -2.31. The van der Waals surface area contributed by atoms with Crippen LogP contribution in [0, 0.1) is 0 Å². The van der Waals surface area contributed by atoms with Gasteiger partial charge in [-0.2, -0.15) is 0 Å². The second-order valence-corrected chi connectivity index (χ2v) is 16.8. The molecule has 1 fully saturated rings. The van der Waals surface area contributed by atoms with E-state index in [0.29, 0.717) is 33.3 Å². The number of carbonyl (C=O) groups excluding carboxylic acids is 6. The van der Waals surface area contributed by atoms with Gasteiger partial charge in [0, 0.05) is 40.9 Å². The van der Waals surface area contributed by atoms with E-state index in [0.717, 1.165) is 26.9 Å². The van der Waals surface area contributed by atoms with Crippen LogP contribution in [0.4, 0.5) is 5.13 Å². The number of thiazole rings is 1. The third-order valence-electron chi connectivity index (χ3n) is 9.74. The molecule has 4 heterocycles. The molecule has 0 saturated carbocycles. The Kier molecular flexibility index (Phi) is 12.7. The molecule has 2 aliphatic heterocycles. The van der Waals surface area contributed by atoms with E-state index in [1.807, 2.05) is 30.3 Å². The largest absolute Gasteiger partial charge is 0.492 e. The molecule has 0 bridgehead atoms. The average Bonchev–Trinajstić information content (AvgIpc) is 3.99. The molecule has 0 aliphatic carbocycles. The average molecular weight is 870 g/mol. The molecule has 6 amide bonds. The van der Waals surface area contributed by atoms with Gasteiger partial charge in [0.2, 0.25) is 21.8 Å². The molecule has 316 valence electrons. The third-order valence-corrected chi connectivity index (χ3v) is 11.5. The van der Waals surface area contributed by atoms with Gasteiger partial charge in [0.05, 0.1) is 42.8 Å². The van der Waals surface area contributed by atoms with Gasteiger partial charge in [-0.1, -0.05) is 48.5 Å². The Labute approximate surface area is 352 Å². The molecule has 3 unspecified atom stereocenters. The Morgan fingerprint density at radius 2 is 1.77 bits per heavy atom. The lowest BCUT2D eigenvalue weighted by atomic mass is 10.0. The fraction of sp³-hybridized carbons (Fsp3) is 0.244. The van der Waals surface area contributed by atoms with Gasteiger partial charge in [-0.05, 0) is 42.3 Å². The maximum Gasteiger partial charge on any atom is 0.257 e. The highest BCUT2D eigenvalue weighted by Gasteiger charge is 2.44. The third kappa shape index (κ3) is 10.0. The number of benzene rings is 3. The van der Waals surface area contributed by atoms with Gasteiger partial charge in [-0.3, -0.25) is 43.0 Å². The van der Waals surface area contributed by atoms with Gasteiger partial charge < -0.3 is 30.5 Å². The highest BCUT2D eigenvalue weighted by molar-refractivity contribution is 7.89. The van der Waals surface area contributed by atoms with Crippen LogP contribution >= 0.6 is 11.3 Å². The van der Waals surface area contributed by atoms with Crippen molar-refractivity contribution in [3.63, 3.8) is 0 Å². The highest BCUT2D eigenvalue weighted by atomic mass is 32.2. The van der Waals surface area contributed by atoms with E-state index in [1.54, 1.807) is 35.7 Å². The summed E-state index contributed by atoms with van der Waals surface area (Å²) in [5.41, 5.74) is 3.02. The minimum Gasteiger partial charge on any atom is -0.492 e. The molecule has 61 heavy (non-hydrogen) atoms. The summed E-state index contributed by atoms with van der Waals surface area (Å²) in [4.78, 5) is 82.1. The number of carbonyl (C=O) groups is 6. The summed E-state index contributed by atoms with van der Waals surface area (Å²) in [5, 5.41) is 23.1. The lowest BCUT2D eigenvalue weighted by molar-refractivity contribution is -0.139. The van der Waals surface area contributed by atoms with Crippen molar-refractivity contribution in [2.75, 3.05) is 31.3 Å². The maximum absolute atomic E-state index is 13.5. The van der Waals surface area contributed by atoms with Crippen molar-refractivity contribution in [1.82, 2.24) is 29.8 Å². The number of aliphatic hydroxyl groups excluding tert-OH is 1. The first-order valence-electron chi connectivity index (χ1n) is 18.8. The van der Waals surface area contributed by atoms with Crippen LogP contribution in [-0.4, -0.2) is 101 Å². The Morgan fingerprint density at radius 3 is 2.49 bits per heavy atom. The quantitative estimate of drug-likeness (QED) is 0.0710. The zero-order chi connectivity index (χ0) is 43.3. The number of anilines is 1. The second-order valence-electron chi connectivity index (χ2n) is 14.0.